The molecule has 0 atom stereocenters. The molecule has 0 saturated carbocycles. The van der Waals surface area contributed by atoms with Gasteiger partial charge in [-0.25, -0.2) is 0 Å². The van der Waals surface area contributed by atoms with E-state index in [2.05, 4.69) is 27.4 Å². The molecule has 1 fully saturated rings. The second-order valence-corrected chi connectivity index (χ2v) is 5.99. The van der Waals surface area contributed by atoms with Crippen molar-refractivity contribution in [1.82, 2.24) is 20.4 Å². The molecule has 0 unspecified atom stereocenters. The lowest BCUT2D eigenvalue weighted by Gasteiger charge is -2.34. The van der Waals surface area contributed by atoms with E-state index < -0.39 is 0 Å². The van der Waals surface area contributed by atoms with Gasteiger partial charge in [0.1, 0.15) is 0 Å². The van der Waals surface area contributed by atoms with Crippen LogP contribution in [0.2, 0.25) is 0 Å². The van der Waals surface area contributed by atoms with E-state index in [4.69, 9.17) is 9.47 Å². The topological polar surface area (TPSA) is 78.4 Å². The first kappa shape index (κ1) is 25.4. The normalized spacial score (nSPS) is 15.5. The van der Waals surface area contributed by atoms with Crippen molar-refractivity contribution in [3.8, 4) is 0 Å². The Morgan fingerprint density at radius 3 is 2.46 bits per heavy atom. The van der Waals surface area contributed by atoms with Crippen molar-refractivity contribution < 1.29 is 14.3 Å². The van der Waals surface area contributed by atoms with Crippen molar-refractivity contribution in [3.63, 3.8) is 0 Å². The third kappa shape index (κ3) is 11.9. The number of carbonyl (C=O) groups is 1. The molecule has 1 aliphatic rings. The van der Waals surface area contributed by atoms with Gasteiger partial charge in [-0.15, -0.1) is 24.0 Å². The second-order valence-electron chi connectivity index (χ2n) is 5.99. The summed E-state index contributed by atoms with van der Waals surface area (Å²) in [6.45, 7) is 12.6. The maximum atomic E-state index is 11.3. The third-order valence-electron chi connectivity index (χ3n) is 4.03. The predicted molar refractivity (Wildman–Crippen MR) is 115 cm³/mol. The first-order chi connectivity index (χ1) is 12.2. The minimum atomic E-state index is 0. The summed E-state index contributed by atoms with van der Waals surface area (Å²) in [5, 5.41) is 6.63. The fourth-order valence-electron chi connectivity index (χ4n) is 2.56. The number of rotatable bonds is 11. The molecule has 1 amide bonds. The van der Waals surface area contributed by atoms with E-state index in [1.807, 2.05) is 4.90 Å². The van der Waals surface area contributed by atoms with E-state index in [9.17, 15) is 4.79 Å². The molecule has 1 rings (SSSR count). The molecule has 1 aliphatic heterocycles. The maximum absolute atomic E-state index is 11.3. The van der Waals surface area contributed by atoms with Gasteiger partial charge in [0.15, 0.2) is 5.96 Å². The number of aliphatic imine (C=N–C) groups is 1. The molecule has 2 N–H and O–H groups in total. The largest absolute Gasteiger partial charge is 0.382 e. The summed E-state index contributed by atoms with van der Waals surface area (Å²) in [5.41, 5.74) is 0. The number of hydrogen-bond acceptors (Lipinski definition) is 5. The lowest BCUT2D eigenvalue weighted by molar-refractivity contribution is -0.130. The average molecular weight is 485 g/mol. The van der Waals surface area contributed by atoms with Crippen LogP contribution in [-0.2, 0) is 14.3 Å². The van der Waals surface area contributed by atoms with Crippen molar-refractivity contribution in [1.29, 1.82) is 0 Å². The quantitative estimate of drug-likeness (QED) is 0.191. The zero-order valence-corrected chi connectivity index (χ0v) is 18.8. The third-order valence-corrected chi connectivity index (χ3v) is 4.03. The highest BCUT2D eigenvalue weighted by molar-refractivity contribution is 14.0. The average Bonchev–Trinajstić information content (AvgIpc) is 2.61. The maximum Gasteiger partial charge on any atom is 0.219 e. The summed E-state index contributed by atoms with van der Waals surface area (Å²) < 4.78 is 10.4. The van der Waals surface area contributed by atoms with E-state index in [-0.39, 0.29) is 29.9 Å². The predicted octanol–water partition coefficient (Wildman–Crippen LogP) is 0.377. The summed E-state index contributed by atoms with van der Waals surface area (Å²) in [6, 6.07) is 0. The van der Waals surface area contributed by atoms with E-state index in [1.165, 1.54) is 0 Å². The van der Waals surface area contributed by atoms with Gasteiger partial charge >= 0.3 is 0 Å². The second kappa shape index (κ2) is 16.5. The Hall–Kier alpha value is -0.650. The number of nitrogens with one attached hydrogen (secondary N) is 2. The number of methoxy groups -OCH3 is 1. The van der Waals surface area contributed by atoms with Crippen molar-refractivity contribution in [3.05, 3.63) is 0 Å². The molecule has 0 radical (unpaired) electrons. The molecule has 1 heterocycles. The van der Waals surface area contributed by atoms with Gasteiger partial charge in [0, 0.05) is 73.0 Å². The lowest BCUT2D eigenvalue weighted by atomic mass is 10.3. The first-order valence-electron chi connectivity index (χ1n) is 9.24. The molecule has 0 bridgehead atoms. The fourth-order valence-corrected chi connectivity index (χ4v) is 2.56. The standard InChI is InChI=1S/C17H35N5O3.HI/c1-4-18-17(19-6-5-13-25-15-14-24-3)20-7-8-21-9-11-22(12-10-21)16(2)23;/h4-15H2,1-3H3,(H2,18,19,20);1H. The number of nitrogens with zero attached hydrogens (tertiary/aromatic N) is 3. The van der Waals surface area contributed by atoms with Crippen LogP contribution in [0.4, 0.5) is 0 Å². The Morgan fingerprint density at radius 2 is 1.85 bits per heavy atom. The van der Waals surface area contributed by atoms with Crippen molar-refractivity contribution >= 4 is 35.8 Å². The van der Waals surface area contributed by atoms with Gasteiger partial charge in [-0.2, -0.15) is 0 Å². The van der Waals surface area contributed by atoms with Crippen LogP contribution < -0.4 is 10.6 Å². The van der Waals surface area contributed by atoms with Crippen LogP contribution >= 0.6 is 24.0 Å². The van der Waals surface area contributed by atoms with Gasteiger partial charge in [-0.05, 0) is 13.3 Å². The SMILES string of the molecule is CCNC(=NCCCOCCOC)NCCN1CCN(C(C)=O)CC1.I. The molecular formula is C17H36IN5O3. The number of halogens is 1. The Bertz CT molecular complexity index is 391. The zero-order chi connectivity index (χ0) is 18.3. The number of ether oxygens (including phenoxy) is 2. The molecule has 9 heteroatoms. The molecular weight excluding hydrogens is 449 g/mol. The molecule has 0 aliphatic carbocycles. The molecule has 0 spiro atoms. The molecule has 0 aromatic carbocycles. The number of amides is 1. The van der Waals surface area contributed by atoms with Crippen molar-refractivity contribution in [2.45, 2.75) is 20.3 Å². The van der Waals surface area contributed by atoms with E-state index in [0.29, 0.717) is 19.8 Å². The molecule has 154 valence electrons. The number of hydrogen-bond donors (Lipinski definition) is 2. The van der Waals surface area contributed by atoms with Crippen LogP contribution in [-0.4, -0.2) is 101 Å². The number of piperazine rings is 1. The Labute approximate surface area is 175 Å². The van der Waals surface area contributed by atoms with Crippen LogP contribution in [0, 0.1) is 0 Å². The van der Waals surface area contributed by atoms with Gasteiger partial charge in [0.05, 0.1) is 13.2 Å². The summed E-state index contributed by atoms with van der Waals surface area (Å²) in [6.07, 6.45) is 0.896. The summed E-state index contributed by atoms with van der Waals surface area (Å²) >= 11 is 0. The van der Waals surface area contributed by atoms with Gasteiger partial charge in [-0.1, -0.05) is 0 Å². The minimum Gasteiger partial charge on any atom is -0.382 e. The summed E-state index contributed by atoms with van der Waals surface area (Å²) in [5.74, 6) is 1.02. The Kier molecular flexibility index (Phi) is 16.1. The highest BCUT2D eigenvalue weighted by Gasteiger charge is 2.17. The van der Waals surface area contributed by atoms with Crippen LogP contribution in [0.25, 0.3) is 0 Å². The highest BCUT2D eigenvalue weighted by atomic mass is 127. The van der Waals surface area contributed by atoms with Gasteiger partial charge in [-0.3, -0.25) is 14.7 Å². The zero-order valence-electron chi connectivity index (χ0n) is 16.5. The Morgan fingerprint density at radius 1 is 1.12 bits per heavy atom. The van der Waals surface area contributed by atoms with E-state index in [0.717, 1.165) is 64.7 Å². The van der Waals surface area contributed by atoms with Gasteiger partial charge in [0.25, 0.3) is 0 Å². The van der Waals surface area contributed by atoms with Crippen LogP contribution in [0.1, 0.15) is 20.3 Å². The number of carbonyl (C=O) groups excluding carboxylic acids is 1. The highest BCUT2D eigenvalue weighted by Crippen LogP contribution is 2.00. The monoisotopic (exact) mass is 485 g/mol. The van der Waals surface area contributed by atoms with Crippen LogP contribution in [0.3, 0.4) is 0 Å². The van der Waals surface area contributed by atoms with Crippen molar-refractivity contribution in [2.75, 3.05) is 79.3 Å². The molecule has 0 aromatic heterocycles. The van der Waals surface area contributed by atoms with Gasteiger partial charge in [0.2, 0.25) is 5.91 Å². The summed E-state index contributed by atoms with van der Waals surface area (Å²) in [4.78, 5) is 20.2. The molecule has 0 aromatic rings. The van der Waals surface area contributed by atoms with Crippen LogP contribution in [0.15, 0.2) is 4.99 Å². The fraction of sp³-hybridized carbons (Fsp3) is 0.882. The number of guanidine groups is 1. The summed E-state index contributed by atoms with van der Waals surface area (Å²) in [7, 11) is 1.67. The van der Waals surface area contributed by atoms with Crippen LogP contribution in [0.5, 0.6) is 0 Å². The molecule has 26 heavy (non-hydrogen) atoms. The van der Waals surface area contributed by atoms with E-state index in [1.54, 1.807) is 14.0 Å². The van der Waals surface area contributed by atoms with E-state index >= 15 is 0 Å². The first-order valence-corrected chi connectivity index (χ1v) is 9.24. The molecule has 1 saturated heterocycles. The Balaban J connectivity index is 0.00000625. The van der Waals surface area contributed by atoms with Crippen molar-refractivity contribution in [2.24, 2.45) is 4.99 Å². The minimum absolute atomic E-state index is 0. The lowest BCUT2D eigenvalue weighted by Crippen LogP contribution is -2.50. The smallest absolute Gasteiger partial charge is 0.219 e. The molecule has 8 nitrogen and oxygen atoms in total. The van der Waals surface area contributed by atoms with Gasteiger partial charge < -0.3 is 25.0 Å².